The van der Waals surface area contributed by atoms with Crippen molar-refractivity contribution in [1.29, 1.82) is 0 Å². The maximum absolute atomic E-state index is 6.44. The minimum absolute atomic E-state index is 0.708. The number of rotatable bonds is 2. The minimum Gasteiger partial charge on any atom is -0.236 e. The van der Waals surface area contributed by atoms with Crippen molar-refractivity contribution in [2.24, 2.45) is 0 Å². The van der Waals surface area contributed by atoms with Crippen molar-refractivity contribution in [2.45, 2.75) is 0 Å². The third-order valence-corrected chi connectivity index (χ3v) is 4.12. The van der Waals surface area contributed by atoms with E-state index < -0.39 is 0 Å². The van der Waals surface area contributed by atoms with Gasteiger partial charge in [-0.25, -0.2) is 9.97 Å². The van der Waals surface area contributed by atoms with Gasteiger partial charge in [0.25, 0.3) is 0 Å². The van der Waals surface area contributed by atoms with E-state index in [0.717, 1.165) is 33.4 Å². The van der Waals surface area contributed by atoms with Crippen LogP contribution in [0.3, 0.4) is 0 Å². The van der Waals surface area contributed by atoms with Gasteiger partial charge in [0.2, 0.25) is 0 Å². The lowest BCUT2D eigenvalue weighted by atomic mass is 10.0. The Morgan fingerprint density at radius 2 is 1.35 bits per heavy atom. The molecule has 23 heavy (non-hydrogen) atoms. The van der Waals surface area contributed by atoms with Crippen molar-refractivity contribution >= 4 is 22.5 Å². The molecule has 0 N–H and O–H groups in total. The highest BCUT2D eigenvalue weighted by Crippen LogP contribution is 2.34. The van der Waals surface area contributed by atoms with E-state index in [0.29, 0.717) is 5.02 Å². The van der Waals surface area contributed by atoms with Crippen LogP contribution in [0.5, 0.6) is 0 Å². The van der Waals surface area contributed by atoms with E-state index in [4.69, 9.17) is 16.6 Å². The molecule has 4 aromatic rings. The summed E-state index contributed by atoms with van der Waals surface area (Å²) in [4.78, 5) is 9.24. The van der Waals surface area contributed by atoms with Gasteiger partial charge in [0.05, 0.1) is 5.52 Å². The summed E-state index contributed by atoms with van der Waals surface area (Å²) in [6.45, 7) is 0. The van der Waals surface area contributed by atoms with Crippen LogP contribution in [-0.2, 0) is 0 Å². The van der Waals surface area contributed by atoms with Crippen LogP contribution >= 0.6 is 11.6 Å². The van der Waals surface area contributed by atoms with Crippen LogP contribution < -0.4 is 0 Å². The Hall–Kier alpha value is -2.71. The summed E-state index contributed by atoms with van der Waals surface area (Å²) >= 11 is 6.44. The molecule has 1 heterocycles. The molecule has 3 heteroatoms. The number of hydrogen-bond acceptors (Lipinski definition) is 2. The highest BCUT2D eigenvalue weighted by molar-refractivity contribution is 6.35. The second-order valence-corrected chi connectivity index (χ2v) is 5.69. The van der Waals surface area contributed by atoms with Gasteiger partial charge in [0, 0.05) is 27.7 Å². The first-order chi connectivity index (χ1) is 11.3. The second-order valence-electron chi connectivity index (χ2n) is 5.28. The molecule has 0 unspecified atom stereocenters. The molecule has 0 fully saturated rings. The zero-order valence-corrected chi connectivity index (χ0v) is 13.0. The van der Waals surface area contributed by atoms with Crippen molar-refractivity contribution in [3.05, 3.63) is 84.0 Å². The molecule has 2 nitrogen and oxygen atoms in total. The number of fused-ring (bicyclic) bond motifs is 1. The van der Waals surface area contributed by atoms with Gasteiger partial charge in [-0.2, -0.15) is 0 Å². The number of hydrogen-bond donors (Lipinski definition) is 0. The molecule has 0 aliphatic heterocycles. The molecular weight excluding hydrogens is 304 g/mol. The molecule has 0 bridgehead atoms. The zero-order valence-electron chi connectivity index (χ0n) is 12.3. The highest BCUT2D eigenvalue weighted by atomic mass is 35.5. The third kappa shape index (κ3) is 2.58. The molecule has 0 atom stereocenters. The van der Waals surface area contributed by atoms with Crippen LogP contribution in [0.15, 0.2) is 79.0 Å². The fourth-order valence-electron chi connectivity index (χ4n) is 2.70. The molecular formula is C20H13ClN2. The molecule has 110 valence electrons. The maximum Gasteiger partial charge on any atom is 0.159 e. The summed E-state index contributed by atoms with van der Waals surface area (Å²) < 4.78 is 0. The van der Waals surface area contributed by atoms with Gasteiger partial charge in [0.1, 0.15) is 0 Å². The van der Waals surface area contributed by atoms with Crippen LogP contribution in [0.1, 0.15) is 0 Å². The lowest BCUT2D eigenvalue weighted by molar-refractivity contribution is 1.23. The first-order valence-corrected chi connectivity index (χ1v) is 7.77. The number of aromatic nitrogens is 2. The Kier molecular flexibility index (Phi) is 3.52. The standard InChI is InChI=1S/C20H13ClN2/c21-17-11-12-18-16(19(17)14-7-3-1-4-8-14)13-22-20(23-18)15-9-5-2-6-10-15/h1-13H. The van der Waals surface area contributed by atoms with Crippen LogP contribution in [0.4, 0.5) is 0 Å². The molecule has 0 amide bonds. The van der Waals surface area contributed by atoms with Gasteiger partial charge in [0.15, 0.2) is 5.82 Å². The fourth-order valence-corrected chi connectivity index (χ4v) is 2.98. The van der Waals surface area contributed by atoms with E-state index >= 15 is 0 Å². The largest absolute Gasteiger partial charge is 0.236 e. The monoisotopic (exact) mass is 316 g/mol. The van der Waals surface area contributed by atoms with E-state index in [1.807, 2.05) is 79.0 Å². The summed E-state index contributed by atoms with van der Waals surface area (Å²) in [6, 6.07) is 23.9. The van der Waals surface area contributed by atoms with E-state index in [1.54, 1.807) is 0 Å². The van der Waals surface area contributed by atoms with Crippen molar-refractivity contribution in [1.82, 2.24) is 9.97 Å². The Labute approximate surface area is 139 Å². The van der Waals surface area contributed by atoms with E-state index in [1.165, 1.54) is 0 Å². The number of benzene rings is 3. The molecule has 0 saturated carbocycles. The molecule has 0 spiro atoms. The first-order valence-electron chi connectivity index (χ1n) is 7.39. The SMILES string of the molecule is Clc1ccc2nc(-c3ccccc3)ncc2c1-c1ccccc1. The lowest BCUT2D eigenvalue weighted by Gasteiger charge is -2.10. The lowest BCUT2D eigenvalue weighted by Crippen LogP contribution is -1.92. The quantitative estimate of drug-likeness (QED) is 0.480. The van der Waals surface area contributed by atoms with Gasteiger partial charge in [-0.1, -0.05) is 72.3 Å². The predicted octanol–water partition coefficient (Wildman–Crippen LogP) is 5.62. The van der Waals surface area contributed by atoms with Crippen molar-refractivity contribution < 1.29 is 0 Å². The Balaban J connectivity index is 1.94. The number of halogens is 1. The van der Waals surface area contributed by atoms with Gasteiger partial charge in [-0.15, -0.1) is 0 Å². The molecule has 3 aromatic carbocycles. The Morgan fingerprint density at radius 3 is 2.04 bits per heavy atom. The molecule has 0 aliphatic carbocycles. The summed E-state index contributed by atoms with van der Waals surface area (Å²) in [5.74, 6) is 0.722. The van der Waals surface area contributed by atoms with Crippen molar-refractivity contribution in [2.75, 3.05) is 0 Å². The van der Waals surface area contributed by atoms with Gasteiger partial charge >= 0.3 is 0 Å². The van der Waals surface area contributed by atoms with Crippen LogP contribution in [0, 0.1) is 0 Å². The number of nitrogens with zero attached hydrogens (tertiary/aromatic N) is 2. The molecule has 0 aliphatic rings. The van der Waals surface area contributed by atoms with Crippen LogP contribution in [0.25, 0.3) is 33.4 Å². The summed E-state index contributed by atoms with van der Waals surface area (Å²) in [5, 5.41) is 1.67. The molecule has 0 radical (unpaired) electrons. The Bertz CT molecular complexity index is 967. The minimum atomic E-state index is 0.708. The molecule has 0 saturated heterocycles. The van der Waals surface area contributed by atoms with Crippen LogP contribution in [-0.4, -0.2) is 9.97 Å². The first kappa shape index (κ1) is 13.9. The highest BCUT2D eigenvalue weighted by Gasteiger charge is 2.11. The topological polar surface area (TPSA) is 25.8 Å². The summed E-state index contributed by atoms with van der Waals surface area (Å²) in [7, 11) is 0. The molecule has 4 rings (SSSR count). The van der Waals surface area contributed by atoms with Crippen molar-refractivity contribution in [3.63, 3.8) is 0 Å². The van der Waals surface area contributed by atoms with Crippen LogP contribution in [0.2, 0.25) is 5.02 Å². The van der Waals surface area contributed by atoms with Gasteiger partial charge in [-0.3, -0.25) is 0 Å². The van der Waals surface area contributed by atoms with Crippen molar-refractivity contribution in [3.8, 4) is 22.5 Å². The van der Waals surface area contributed by atoms with Gasteiger partial charge < -0.3 is 0 Å². The smallest absolute Gasteiger partial charge is 0.159 e. The van der Waals surface area contributed by atoms with Gasteiger partial charge in [-0.05, 0) is 17.7 Å². The normalized spacial score (nSPS) is 10.8. The average molecular weight is 317 g/mol. The fraction of sp³-hybridized carbons (Fsp3) is 0. The summed E-state index contributed by atoms with van der Waals surface area (Å²) in [6.07, 6.45) is 1.86. The van der Waals surface area contributed by atoms with E-state index in [2.05, 4.69) is 4.98 Å². The zero-order chi connectivity index (χ0) is 15.6. The second kappa shape index (κ2) is 5.82. The Morgan fingerprint density at radius 1 is 0.696 bits per heavy atom. The van der Waals surface area contributed by atoms with E-state index in [9.17, 15) is 0 Å². The predicted molar refractivity (Wildman–Crippen MR) is 95.4 cm³/mol. The third-order valence-electron chi connectivity index (χ3n) is 3.81. The maximum atomic E-state index is 6.44. The molecule has 1 aromatic heterocycles. The van der Waals surface area contributed by atoms with E-state index in [-0.39, 0.29) is 0 Å². The summed E-state index contributed by atoms with van der Waals surface area (Å²) in [5.41, 5.74) is 3.94. The average Bonchev–Trinajstić information content (AvgIpc) is 2.63.